The molecule has 1 N–H and O–H groups in total. The topological polar surface area (TPSA) is 50.2 Å². The third kappa shape index (κ3) is 2.56. The number of carbonyl (C=O) groups is 1. The second-order valence-corrected chi connectivity index (χ2v) is 5.81. The van der Waals surface area contributed by atoms with Crippen LogP contribution in [0.25, 0.3) is 0 Å². The van der Waals surface area contributed by atoms with Crippen LogP contribution in [0.5, 0.6) is 0 Å². The number of carboxylic acids is 1. The van der Waals surface area contributed by atoms with Crippen molar-refractivity contribution in [2.24, 2.45) is 0 Å². The molecule has 1 heterocycles. The van der Waals surface area contributed by atoms with Crippen LogP contribution in [0.2, 0.25) is 0 Å². The predicted octanol–water partition coefficient (Wildman–Crippen LogP) is 2.94. The predicted molar refractivity (Wildman–Crippen MR) is 61.6 cm³/mol. The Morgan fingerprint density at radius 2 is 2.00 bits per heavy atom. The number of rotatable bonds is 2. The van der Waals surface area contributed by atoms with Gasteiger partial charge >= 0.3 is 5.97 Å². The highest BCUT2D eigenvalue weighted by molar-refractivity contribution is 7.12. The van der Waals surface area contributed by atoms with Gasteiger partial charge in [0.2, 0.25) is 0 Å². The molecule has 0 spiro atoms. The molecule has 4 heteroatoms. The Kier molecular flexibility index (Phi) is 3.19. The molecular weight excluding hydrogens is 210 g/mol. The molecule has 1 rings (SSSR count). The minimum absolute atomic E-state index is 0.0399. The third-order valence-electron chi connectivity index (χ3n) is 2.24. The van der Waals surface area contributed by atoms with Gasteiger partial charge in [-0.2, -0.15) is 0 Å². The van der Waals surface area contributed by atoms with Crippen LogP contribution in [-0.2, 0) is 10.2 Å². The lowest BCUT2D eigenvalue weighted by Crippen LogP contribution is -2.10. The first-order chi connectivity index (χ1) is 6.73. The van der Waals surface area contributed by atoms with Gasteiger partial charge in [0.15, 0.2) is 0 Å². The molecule has 15 heavy (non-hydrogen) atoms. The van der Waals surface area contributed by atoms with E-state index in [-0.39, 0.29) is 5.41 Å². The largest absolute Gasteiger partial charge is 0.481 e. The number of nitrogens with zero attached hydrogens (tertiary/aromatic N) is 1. The molecule has 0 radical (unpaired) electrons. The van der Waals surface area contributed by atoms with Crippen LogP contribution < -0.4 is 0 Å². The van der Waals surface area contributed by atoms with E-state index >= 15 is 0 Å². The number of carboxylic acid groups (broad SMARTS) is 1. The normalized spacial score (nSPS) is 13.9. The lowest BCUT2D eigenvalue weighted by molar-refractivity contribution is -0.138. The Morgan fingerprint density at radius 1 is 1.47 bits per heavy atom. The molecule has 0 saturated carbocycles. The van der Waals surface area contributed by atoms with Crippen molar-refractivity contribution in [3.63, 3.8) is 0 Å². The van der Waals surface area contributed by atoms with E-state index in [9.17, 15) is 4.79 Å². The fraction of sp³-hybridized carbons (Fsp3) is 0.636. The number of hydrogen-bond donors (Lipinski definition) is 1. The molecule has 0 amide bonds. The second-order valence-electron chi connectivity index (χ2n) is 4.78. The summed E-state index contributed by atoms with van der Waals surface area (Å²) in [5, 5.41) is 9.60. The minimum Gasteiger partial charge on any atom is -0.481 e. The molecule has 1 unspecified atom stereocenters. The van der Waals surface area contributed by atoms with Crippen LogP contribution in [0.15, 0.2) is 0 Å². The molecular formula is C11H17NO2S. The van der Waals surface area contributed by atoms with Crippen molar-refractivity contribution in [3.8, 4) is 0 Å². The second kappa shape index (κ2) is 3.93. The molecule has 0 saturated heterocycles. The molecule has 3 nitrogen and oxygen atoms in total. The smallest absolute Gasteiger partial charge is 0.313 e. The summed E-state index contributed by atoms with van der Waals surface area (Å²) in [5.74, 6) is -1.32. The van der Waals surface area contributed by atoms with Gasteiger partial charge in [0.1, 0.15) is 10.9 Å². The number of aryl methyl sites for hydroxylation is 1. The summed E-state index contributed by atoms with van der Waals surface area (Å²) < 4.78 is 0. The van der Waals surface area contributed by atoms with E-state index in [1.165, 1.54) is 16.2 Å². The molecule has 1 aromatic heterocycles. The third-order valence-corrected chi connectivity index (χ3v) is 4.00. The van der Waals surface area contributed by atoms with Crippen LogP contribution in [-0.4, -0.2) is 16.1 Å². The average molecular weight is 227 g/mol. The fourth-order valence-corrected chi connectivity index (χ4v) is 2.57. The molecule has 0 bridgehead atoms. The van der Waals surface area contributed by atoms with E-state index in [2.05, 4.69) is 25.8 Å². The standard InChI is InChI=1S/C11H17NO2S/c1-6(10(13)14)9-12-7(2)8(15-9)11(3,4)5/h6H,1-5H3,(H,13,14). The number of aromatic nitrogens is 1. The molecule has 0 fully saturated rings. The Morgan fingerprint density at radius 3 is 2.33 bits per heavy atom. The number of aliphatic carboxylic acids is 1. The zero-order valence-electron chi connectivity index (χ0n) is 9.79. The fourth-order valence-electron chi connectivity index (χ4n) is 1.40. The lowest BCUT2D eigenvalue weighted by atomic mass is 9.93. The Hall–Kier alpha value is -0.900. The lowest BCUT2D eigenvalue weighted by Gasteiger charge is -2.16. The van der Waals surface area contributed by atoms with Crippen LogP contribution in [0, 0.1) is 6.92 Å². The van der Waals surface area contributed by atoms with Gasteiger partial charge in [-0.25, -0.2) is 4.98 Å². The quantitative estimate of drug-likeness (QED) is 0.845. The number of thiazole rings is 1. The highest BCUT2D eigenvalue weighted by Gasteiger charge is 2.24. The van der Waals surface area contributed by atoms with Crippen molar-refractivity contribution < 1.29 is 9.90 Å². The van der Waals surface area contributed by atoms with E-state index in [0.29, 0.717) is 5.01 Å². The van der Waals surface area contributed by atoms with E-state index < -0.39 is 11.9 Å². The summed E-state index contributed by atoms with van der Waals surface area (Å²) in [4.78, 5) is 16.3. The SMILES string of the molecule is Cc1nc(C(C)C(=O)O)sc1C(C)(C)C. The summed E-state index contributed by atoms with van der Waals surface area (Å²) >= 11 is 1.51. The zero-order chi connectivity index (χ0) is 11.8. The maximum Gasteiger partial charge on any atom is 0.313 e. The summed E-state index contributed by atoms with van der Waals surface area (Å²) in [5.41, 5.74) is 0.994. The summed E-state index contributed by atoms with van der Waals surface area (Å²) in [6, 6.07) is 0. The van der Waals surface area contributed by atoms with Gasteiger partial charge in [0.05, 0.1) is 5.69 Å². The molecule has 1 aromatic rings. The molecule has 0 aliphatic carbocycles. The van der Waals surface area contributed by atoms with Gasteiger partial charge in [-0.3, -0.25) is 4.79 Å². The maximum atomic E-state index is 10.8. The van der Waals surface area contributed by atoms with E-state index in [0.717, 1.165) is 5.69 Å². The van der Waals surface area contributed by atoms with Gasteiger partial charge in [-0.1, -0.05) is 20.8 Å². The average Bonchev–Trinajstić information content (AvgIpc) is 2.44. The van der Waals surface area contributed by atoms with Crippen LogP contribution in [0.1, 0.15) is 49.2 Å². The number of hydrogen-bond acceptors (Lipinski definition) is 3. The minimum atomic E-state index is -0.816. The van der Waals surface area contributed by atoms with Crippen LogP contribution in [0.3, 0.4) is 0 Å². The Labute approximate surface area is 94.2 Å². The van der Waals surface area contributed by atoms with Gasteiger partial charge in [0, 0.05) is 4.88 Å². The van der Waals surface area contributed by atoms with Crippen LogP contribution in [0.4, 0.5) is 0 Å². The van der Waals surface area contributed by atoms with Crippen molar-refractivity contribution in [3.05, 3.63) is 15.6 Å². The van der Waals surface area contributed by atoms with Crippen LogP contribution >= 0.6 is 11.3 Å². The molecule has 84 valence electrons. The van der Waals surface area contributed by atoms with E-state index in [4.69, 9.17) is 5.11 Å². The van der Waals surface area contributed by atoms with Crippen molar-refractivity contribution in [2.45, 2.75) is 46.0 Å². The van der Waals surface area contributed by atoms with Gasteiger partial charge in [0.25, 0.3) is 0 Å². The molecule has 0 aromatic carbocycles. The first-order valence-corrected chi connectivity index (χ1v) is 5.75. The van der Waals surface area contributed by atoms with Crippen molar-refractivity contribution in [1.29, 1.82) is 0 Å². The Balaban J connectivity index is 3.11. The first kappa shape index (κ1) is 12.2. The van der Waals surface area contributed by atoms with Crippen molar-refractivity contribution >= 4 is 17.3 Å². The molecule has 0 aliphatic heterocycles. The monoisotopic (exact) mass is 227 g/mol. The van der Waals surface area contributed by atoms with Crippen molar-refractivity contribution in [1.82, 2.24) is 4.98 Å². The van der Waals surface area contributed by atoms with E-state index in [1.54, 1.807) is 6.92 Å². The molecule has 1 atom stereocenters. The summed E-state index contributed by atoms with van der Waals surface area (Å²) in [6.45, 7) is 9.95. The first-order valence-electron chi connectivity index (χ1n) is 4.94. The maximum absolute atomic E-state index is 10.8. The van der Waals surface area contributed by atoms with Gasteiger partial charge in [-0.15, -0.1) is 11.3 Å². The summed E-state index contributed by atoms with van der Waals surface area (Å²) in [7, 11) is 0. The van der Waals surface area contributed by atoms with Gasteiger partial charge < -0.3 is 5.11 Å². The Bertz CT molecular complexity index is 376. The highest BCUT2D eigenvalue weighted by Crippen LogP contribution is 2.33. The highest BCUT2D eigenvalue weighted by atomic mass is 32.1. The molecule has 0 aliphatic rings. The van der Waals surface area contributed by atoms with Gasteiger partial charge in [-0.05, 0) is 19.3 Å². The van der Waals surface area contributed by atoms with Crippen molar-refractivity contribution in [2.75, 3.05) is 0 Å². The summed E-state index contributed by atoms with van der Waals surface area (Å²) in [6.07, 6.45) is 0. The van der Waals surface area contributed by atoms with E-state index in [1.807, 2.05) is 6.92 Å². The zero-order valence-corrected chi connectivity index (χ0v) is 10.6.